The second-order valence-electron chi connectivity index (χ2n) is 5.62. The molecule has 0 bridgehead atoms. The minimum absolute atomic E-state index is 0.118. The quantitative estimate of drug-likeness (QED) is 0.916. The van der Waals surface area contributed by atoms with Gasteiger partial charge in [-0.15, -0.1) is 11.8 Å². The third-order valence-electron chi connectivity index (χ3n) is 4.06. The Hall–Kier alpha value is -1.04. The first-order chi connectivity index (χ1) is 10.2. The van der Waals surface area contributed by atoms with Crippen molar-refractivity contribution in [1.82, 2.24) is 10.2 Å². The molecule has 0 saturated carbocycles. The SMILES string of the molecule is CC(NCC1Cc2ccccc2S1)C(=O)N1CCOCC1. The number of nitrogens with zero attached hydrogens (tertiary/aromatic N) is 1. The van der Waals surface area contributed by atoms with E-state index in [1.54, 1.807) is 0 Å². The van der Waals surface area contributed by atoms with Crippen molar-refractivity contribution in [3.05, 3.63) is 29.8 Å². The van der Waals surface area contributed by atoms with Crippen molar-refractivity contribution >= 4 is 17.7 Å². The van der Waals surface area contributed by atoms with E-state index in [1.165, 1.54) is 10.5 Å². The number of thioether (sulfide) groups is 1. The zero-order chi connectivity index (χ0) is 14.7. The molecule has 1 aromatic carbocycles. The summed E-state index contributed by atoms with van der Waals surface area (Å²) in [7, 11) is 0. The lowest BCUT2D eigenvalue weighted by molar-refractivity contribution is -0.137. The molecule has 0 aliphatic carbocycles. The highest BCUT2D eigenvalue weighted by Gasteiger charge is 2.25. The second-order valence-corrected chi connectivity index (χ2v) is 6.96. The molecule has 114 valence electrons. The fourth-order valence-electron chi connectivity index (χ4n) is 2.82. The molecular formula is C16H22N2O2S. The Morgan fingerprint density at radius 3 is 2.95 bits per heavy atom. The molecule has 1 saturated heterocycles. The van der Waals surface area contributed by atoms with Gasteiger partial charge in [0.05, 0.1) is 19.3 Å². The standard InChI is InChI=1S/C16H22N2O2S/c1-12(16(19)18-6-8-20-9-7-18)17-11-14-10-13-4-2-3-5-15(13)21-14/h2-5,12,14,17H,6-11H2,1H3. The van der Waals surface area contributed by atoms with Gasteiger partial charge >= 0.3 is 0 Å². The van der Waals surface area contributed by atoms with Gasteiger partial charge in [-0.25, -0.2) is 0 Å². The van der Waals surface area contributed by atoms with Crippen LogP contribution in [0.4, 0.5) is 0 Å². The van der Waals surface area contributed by atoms with Crippen LogP contribution in [0.15, 0.2) is 29.2 Å². The summed E-state index contributed by atoms with van der Waals surface area (Å²) in [6.45, 7) is 5.59. The summed E-state index contributed by atoms with van der Waals surface area (Å²) in [5.74, 6) is 0.193. The van der Waals surface area contributed by atoms with Gasteiger partial charge < -0.3 is 15.0 Å². The fourth-order valence-corrected chi connectivity index (χ4v) is 4.08. The van der Waals surface area contributed by atoms with Gasteiger partial charge in [-0.3, -0.25) is 4.79 Å². The van der Waals surface area contributed by atoms with Gasteiger partial charge in [0.15, 0.2) is 0 Å². The van der Waals surface area contributed by atoms with Crippen LogP contribution in [0.1, 0.15) is 12.5 Å². The summed E-state index contributed by atoms with van der Waals surface area (Å²) < 4.78 is 5.29. The van der Waals surface area contributed by atoms with Gasteiger partial charge in [-0.2, -0.15) is 0 Å². The van der Waals surface area contributed by atoms with Crippen LogP contribution in [0, 0.1) is 0 Å². The number of hydrogen-bond donors (Lipinski definition) is 1. The van der Waals surface area contributed by atoms with E-state index in [0.717, 1.165) is 13.0 Å². The molecule has 2 heterocycles. The number of benzene rings is 1. The monoisotopic (exact) mass is 306 g/mol. The number of morpholine rings is 1. The Kier molecular flexibility index (Phi) is 4.83. The van der Waals surface area contributed by atoms with Crippen molar-refractivity contribution in [1.29, 1.82) is 0 Å². The van der Waals surface area contributed by atoms with Gasteiger partial charge in [0.2, 0.25) is 5.91 Å². The molecule has 4 nitrogen and oxygen atoms in total. The zero-order valence-corrected chi connectivity index (χ0v) is 13.2. The number of hydrogen-bond acceptors (Lipinski definition) is 4. The van der Waals surface area contributed by atoms with Crippen molar-refractivity contribution in [2.45, 2.75) is 29.5 Å². The summed E-state index contributed by atoms with van der Waals surface area (Å²) >= 11 is 1.92. The number of nitrogens with one attached hydrogen (secondary N) is 1. The molecule has 5 heteroatoms. The Balaban J connectivity index is 1.46. The predicted molar refractivity (Wildman–Crippen MR) is 84.7 cm³/mol. The molecule has 2 atom stereocenters. The first kappa shape index (κ1) is 14.9. The topological polar surface area (TPSA) is 41.6 Å². The van der Waals surface area contributed by atoms with E-state index in [-0.39, 0.29) is 11.9 Å². The average Bonchev–Trinajstić information content (AvgIpc) is 2.95. The molecular weight excluding hydrogens is 284 g/mol. The molecule has 1 amide bonds. The fraction of sp³-hybridized carbons (Fsp3) is 0.562. The highest BCUT2D eigenvalue weighted by atomic mass is 32.2. The van der Waals surface area contributed by atoms with E-state index in [2.05, 4.69) is 29.6 Å². The lowest BCUT2D eigenvalue weighted by atomic mass is 10.1. The van der Waals surface area contributed by atoms with Crippen molar-refractivity contribution in [3.63, 3.8) is 0 Å². The van der Waals surface area contributed by atoms with E-state index in [9.17, 15) is 4.79 Å². The molecule has 1 N–H and O–H groups in total. The van der Waals surface area contributed by atoms with E-state index < -0.39 is 0 Å². The Morgan fingerprint density at radius 2 is 2.19 bits per heavy atom. The van der Waals surface area contributed by atoms with Crippen molar-refractivity contribution in [2.75, 3.05) is 32.8 Å². The first-order valence-corrected chi connectivity index (χ1v) is 8.46. The molecule has 21 heavy (non-hydrogen) atoms. The van der Waals surface area contributed by atoms with Crippen molar-refractivity contribution < 1.29 is 9.53 Å². The maximum atomic E-state index is 12.3. The van der Waals surface area contributed by atoms with Crippen molar-refractivity contribution in [3.8, 4) is 0 Å². The van der Waals surface area contributed by atoms with Crippen LogP contribution in [0.3, 0.4) is 0 Å². The molecule has 1 fully saturated rings. The highest BCUT2D eigenvalue weighted by molar-refractivity contribution is 8.00. The maximum absolute atomic E-state index is 12.3. The third kappa shape index (κ3) is 3.59. The first-order valence-electron chi connectivity index (χ1n) is 7.58. The molecule has 0 radical (unpaired) electrons. The van der Waals surface area contributed by atoms with Crippen LogP contribution in [-0.4, -0.2) is 54.9 Å². The lowest BCUT2D eigenvalue weighted by Gasteiger charge is -2.29. The summed E-state index contributed by atoms with van der Waals surface area (Å²) in [6, 6.07) is 8.45. The van der Waals surface area contributed by atoms with E-state index in [4.69, 9.17) is 4.74 Å². The Morgan fingerprint density at radius 1 is 1.43 bits per heavy atom. The van der Waals surface area contributed by atoms with Gasteiger partial charge in [0, 0.05) is 29.8 Å². The van der Waals surface area contributed by atoms with Crippen LogP contribution >= 0.6 is 11.8 Å². The van der Waals surface area contributed by atoms with E-state index >= 15 is 0 Å². The van der Waals surface area contributed by atoms with E-state index in [1.807, 2.05) is 23.6 Å². The number of carbonyl (C=O) groups excluding carboxylic acids is 1. The van der Waals surface area contributed by atoms with Crippen LogP contribution in [-0.2, 0) is 16.0 Å². The summed E-state index contributed by atoms with van der Waals surface area (Å²) in [6.07, 6.45) is 1.09. The zero-order valence-electron chi connectivity index (χ0n) is 12.4. The minimum Gasteiger partial charge on any atom is -0.378 e. The van der Waals surface area contributed by atoms with Gasteiger partial charge in [-0.05, 0) is 25.0 Å². The summed E-state index contributed by atoms with van der Waals surface area (Å²) in [5.41, 5.74) is 1.43. The predicted octanol–water partition coefficient (Wildman–Crippen LogP) is 1.54. The average molecular weight is 306 g/mol. The lowest BCUT2D eigenvalue weighted by Crippen LogP contribution is -2.50. The molecule has 0 spiro atoms. The van der Waals surface area contributed by atoms with E-state index in [0.29, 0.717) is 31.6 Å². The molecule has 2 aliphatic heterocycles. The minimum atomic E-state index is -0.118. The second kappa shape index (κ2) is 6.81. The van der Waals surface area contributed by atoms with Gasteiger partial charge in [0.1, 0.15) is 0 Å². The molecule has 0 aromatic heterocycles. The van der Waals surface area contributed by atoms with Crippen molar-refractivity contribution in [2.24, 2.45) is 0 Å². The normalized spacial score (nSPS) is 22.9. The third-order valence-corrected chi connectivity index (χ3v) is 5.38. The molecule has 3 rings (SSSR count). The number of ether oxygens (including phenoxy) is 1. The molecule has 1 aromatic rings. The largest absolute Gasteiger partial charge is 0.378 e. The highest BCUT2D eigenvalue weighted by Crippen LogP contribution is 2.36. The smallest absolute Gasteiger partial charge is 0.239 e. The van der Waals surface area contributed by atoms with Crippen LogP contribution in [0.2, 0.25) is 0 Å². The Labute approximate surface area is 130 Å². The maximum Gasteiger partial charge on any atom is 0.239 e. The Bertz CT molecular complexity index is 478. The number of amides is 1. The number of fused-ring (bicyclic) bond motifs is 1. The molecule has 2 aliphatic rings. The van der Waals surface area contributed by atoms with Crippen LogP contribution in [0.25, 0.3) is 0 Å². The van der Waals surface area contributed by atoms with Crippen LogP contribution < -0.4 is 5.32 Å². The van der Waals surface area contributed by atoms with Gasteiger partial charge in [0.25, 0.3) is 0 Å². The van der Waals surface area contributed by atoms with Crippen LogP contribution in [0.5, 0.6) is 0 Å². The summed E-state index contributed by atoms with van der Waals surface area (Å²) in [5, 5.41) is 3.93. The number of carbonyl (C=O) groups is 1. The summed E-state index contributed by atoms with van der Waals surface area (Å²) in [4.78, 5) is 15.6. The van der Waals surface area contributed by atoms with Gasteiger partial charge in [-0.1, -0.05) is 18.2 Å². The number of rotatable bonds is 4. The molecule has 2 unspecified atom stereocenters.